The Hall–Kier alpha value is -2.69. The van der Waals surface area contributed by atoms with Gasteiger partial charge in [0.1, 0.15) is 17.4 Å². The van der Waals surface area contributed by atoms with Gasteiger partial charge in [-0.1, -0.05) is 12.1 Å². The Morgan fingerprint density at radius 2 is 1.88 bits per heavy atom. The van der Waals surface area contributed by atoms with Crippen LogP contribution in [0.4, 0.5) is 10.2 Å². The molecular weight excluding hydrogens is 317 g/mol. The van der Waals surface area contributed by atoms with E-state index in [1.165, 1.54) is 25.3 Å². The SMILES string of the molecule is COc1cccc(F)c1-c1ccc2ncc(N3CCCCC3)nc2c1. The molecule has 0 amide bonds. The standard InChI is InChI=1S/C20H20FN3O/c1-25-18-7-5-6-15(21)20(18)14-8-9-16-17(12-14)23-19(13-22-16)24-10-3-2-4-11-24/h5-9,12-13H,2-4,10-11H2,1H3. The molecule has 2 heterocycles. The molecule has 4 rings (SSSR count). The first kappa shape index (κ1) is 15.8. The molecule has 0 unspecified atom stereocenters. The summed E-state index contributed by atoms with van der Waals surface area (Å²) >= 11 is 0. The van der Waals surface area contributed by atoms with Crippen molar-refractivity contribution in [3.63, 3.8) is 0 Å². The van der Waals surface area contributed by atoms with E-state index in [-0.39, 0.29) is 5.82 Å². The summed E-state index contributed by atoms with van der Waals surface area (Å²) in [4.78, 5) is 11.6. The minimum Gasteiger partial charge on any atom is -0.496 e. The van der Waals surface area contributed by atoms with E-state index >= 15 is 0 Å². The van der Waals surface area contributed by atoms with Crippen molar-refractivity contribution in [1.29, 1.82) is 0 Å². The van der Waals surface area contributed by atoms with E-state index in [2.05, 4.69) is 9.88 Å². The van der Waals surface area contributed by atoms with Crippen LogP contribution < -0.4 is 9.64 Å². The number of ether oxygens (including phenoxy) is 1. The number of anilines is 1. The highest BCUT2D eigenvalue weighted by Crippen LogP contribution is 2.34. The van der Waals surface area contributed by atoms with Crippen LogP contribution in [-0.4, -0.2) is 30.2 Å². The Balaban J connectivity index is 1.79. The van der Waals surface area contributed by atoms with Crippen molar-refractivity contribution in [3.8, 4) is 16.9 Å². The van der Waals surface area contributed by atoms with Crippen molar-refractivity contribution in [2.45, 2.75) is 19.3 Å². The number of hydrogen-bond donors (Lipinski definition) is 0. The molecule has 0 radical (unpaired) electrons. The van der Waals surface area contributed by atoms with Gasteiger partial charge in [-0.3, -0.25) is 4.98 Å². The average Bonchev–Trinajstić information content (AvgIpc) is 2.67. The van der Waals surface area contributed by atoms with Crippen LogP contribution in [-0.2, 0) is 0 Å². The lowest BCUT2D eigenvalue weighted by molar-refractivity contribution is 0.413. The van der Waals surface area contributed by atoms with Crippen LogP contribution in [0.1, 0.15) is 19.3 Å². The van der Waals surface area contributed by atoms with Crippen molar-refractivity contribution in [1.82, 2.24) is 9.97 Å². The van der Waals surface area contributed by atoms with Gasteiger partial charge >= 0.3 is 0 Å². The molecule has 1 aliphatic heterocycles. The Kier molecular flexibility index (Phi) is 4.22. The molecule has 25 heavy (non-hydrogen) atoms. The summed E-state index contributed by atoms with van der Waals surface area (Å²) in [5, 5.41) is 0. The second-order valence-electron chi connectivity index (χ2n) is 6.30. The van der Waals surface area contributed by atoms with Crippen molar-refractivity contribution in [2.24, 2.45) is 0 Å². The van der Waals surface area contributed by atoms with E-state index < -0.39 is 0 Å². The molecule has 0 bridgehead atoms. The molecule has 0 N–H and O–H groups in total. The van der Waals surface area contributed by atoms with Crippen LogP contribution in [0.3, 0.4) is 0 Å². The van der Waals surface area contributed by atoms with Gasteiger partial charge < -0.3 is 9.64 Å². The normalized spacial score (nSPS) is 14.7. The molecule has 0 aliphatic carbocycles. The summed E-state index contributed by atoms with van der Waals surface area (Å²) in [6.07, 6.45) is 5.48. The van der Waals surface area contributed by atoms with Crippen molar-refractivity contribution in [2.75, 3.05) is 25.1 Å². The van der Waals surface area contributed by atoms with Gasteiger partial charge in [-0.15, -0.1) is 0 Å². The third kappa shape index (κ3) is 3.02. The lowest BCUT2D eigenvalue weighted by Crippen LogP contribution is -2.30. The van der Waals surface area contributed by atoms with Crippen LogP contribution >= 0.6 is 0 Å². The van der Waals surface area contributed by atoms with Gasteiger partial charge in [0.15, 0.2) is 0 Å². The van der Waals surface area contributed by atoms with Gasteiger partial charge in [-0.2, -0.15) is 0 Å². The molecule has 0 saturated carbocycles. The van der Waals surface area contributed by atoms with Gasteiger partial charge in [0, 0.05) is 13.1 Å². The van der Waals surface area contributed by atoms with Gasteiger partial charge in [-0.05, 0) is 49.1 Å². The smallest absolute Gasteiger partial charge is 0.147 e. The molecule has 4 nitrogen and oxygen atoms in total. The maximum Gasteiger partial charge on any atom is 0.147 e. The van der Waals surface area contributed by atoms with Gasteiger partial charge in [0.25, 0.3) is 0 Å². The van der Waals surface area contributed by atoms with Gasteiger partial charge in [0.2, 0.25) is 0 Å². The highest BCUT2D eigenvalue weighted by molar-refractivity contribution is 5.84. The summed E-state index contributed by atoms with van der Waals surface area (Å²) in [5.74, 6) is 1.10. The van der Waals surface area contributed by atoms with Crippen molar-refractivity contribution >= 4 is 16.9 Å². The first-order valence-corrected chi connectivity index (χ1v) is 8.61. The van der Waals surface area contributed by atoms with Gasteiger partial charge in [-0.25, -0.2) is 9.37 Å². The number of halogens is 1. The van der Waals surface area contributed by atoms with E-state index in [0.29, 0.717) is 11.3 Å². The third-order valence-corrected chi connectivity index (χ3v) is 4.69. The second-order valence-corrected chi connectivity index (χ2v) is 6.30. The average molecular weight is 337 g/mol. The number of piperidine rings is 1. The van der Waals surface area contributed by atoms with Crippen LogP contribution in [0.2, 0.25) is 0 Å². The fourth-order valence-electron chi connectivity index (χ4n) is 3.39. The molecule has 0 atom stereocenters. The number of methoxy groups -OCH3 is 1. The zero-order chi connectivity index (χ0) is 17.2. The maximum atomic E-state index is 14.4. The van der Waals surface area contributed by atoms with Gasteiger partial charge in [0.05, 0.1) is 29.9 Å². The van der Waals surface area contributed by atoms with Crippen LogP contribution in [0.5, 0.6) is 5.75 Å². The largest absolute Gasteiger partial charge is 0.496 e. The molecule has 1 saturated heterocycles. The van der Waals surface area contributed by atoms with E-state index in [4.69, 9.17) is 9.72 Å². The van der Waals surface area contributed by atoms with E-state index in [9.17, 15) is 4.39 Å². The number of aromatic nitrogens is 2. The minimum absolute atomic E-state index is 0.307. The molecule has 1 aromatic heterocycles. The Labute approximate surface area is 146 Å². The maximum absolute atomic E-state index is 14.4. The zero-order valence-electron chi connectivity index (χ0n) is 14.2. The number of fused-ring (bicyclic) bond motifs is 1. The number of rotatable bonds is 3. The fraction of sp³-hybridized carbons (Fsp3) is 0.300. The predicted octanol–water partition coefficient (Wildman–Crippen LogP) is 4.43. The minimum atomic E-state index is -0.307. The highest BCUT2D eigenvalue weighted by atomic mass is 19.1. The fourth-order valence-corrected chi connectivity index (χ4v) is 3.39. The molecule has 128 valence electrons. The summed E-state index contributed by atoms with van der Waals surface area (Å²) in [6.45, 7) is 2.03. The summed E-state index contributed by atoms with van der Waals surface area (Å²) in [5.41, 5.74) is 2.77. The lowest BCUT2D eigenvalue weighted by Gasteiger charge is -2.27. The molecule has 2 aromatic carbocycles. The molecule has 5 heteroatoms. The van der Waals surface area contributed by atoms with E-state index in [1.54, 1.807) is 19.2 Å². The second kappa shape index (κ2) is 6.67. The summed E-state index contributed by atoms with van der Waals surface area (Å²) in [6, 6.07) is 10.5. The van der Waals surface area contributed by atoms with Crippen LogP contribution in [0.25, 0.3) is 22.2 Å². The lowest BCUT2D eigenvalue weighted by atomic mass is 10.0. The zero-order valence-corrected chi connectivity index (χ0v) is 14.2. The Bertz CT molecular complexity index is 907. The van der Waals surface area contributed by atoms with Crippen LogP contribution in [0, 0.1) is 5.82 Å². The monoisotopic (exact) mass is 337 g/mol. The Morgan fingerprint density at radius 1 is 1.04 bits per heavy atom. The number of hydrogen-bond acceptors (Lipinski definition) is 4. The summed E-state index contributed by atoms with van der Waals surface area (Å²) < 4.78 is 19.7. The van der Waals surface area contributed by atoms with Crippen molar-refractivity contribution in [3.05, 3.63) is 48.4 Å². The number of benzene rings is 2. The van der Waals surface area contributed by atoms with E-state index in [1.807, 2.05) is 24.4 Å². The molecule has 1 aliphatic rings. The van der Waals surface area contributed by atoms with Crippen molar-refractivity contribution < 1.29 is 9.13 Å². The highest BCUT2D eigenvalue weighted by Gasteiger charge is 2.15. The predicted molar refractivity (Wildman–Crippen MR) is 97.5 cm³/mol. The quantitative estimate of drug-likeness (QED) is 0.708. The molecule has 3 aromatic rings. The number of nitrogens with zero attached hydrogens (tertiary/aromatic N) is 3. The van der Waals surface area contributed by atoms with Crippen LogP contribution in [0.15, 0.2) is 42.6 Å². The Morgan fingerprint density at radius 3 is 2.68 bits per heavy atom. The van der Waals surface area contributed by atoms with E-state index in [0.717, 1.165) is 35.5 Å². The topological polar surface area (TPSA) is 38.2 Å². The first-order valence-electron chi connectivity index (χ1n) is 8.61. The molecule has 0 spiro atoms. The molecule has 1 fully saturated rings. The summed E-state index contributed by atoms with van der Waals surface area (Å²) in [7, 11) is 1.55. The third-order valence-electron chi connectivity index (χ3n) is 4.69. The first-order chi connectivity index (χ1) is 12.3. The molecular formula is C20H20FN3O.